The Kier molecular flexibility index (Phi) is 7.81. The van der Waals surface area contributed by atoms with Gasteiger partial charge in [0.15, 0.2) is 5.96 Å². The highest BCUT2D eigenvalue weighted by molar-refractivity contribution is 5.80. The van der Waals surface area contributed by atoms with Crippen LogP contribution < -0.4 is 10.6 Å². The zero-order valence-electron chi connectivity index (χ0n) is 17.8. The number of guanidine groups is 1. The number of rotatable bonds is 8. The molecule has 4 rings (SSSR count). The maximum Gasteiger partial charge on any atom is 0.191 e. The fraction of sp³-hybridized carbons (Fsp3) is 0.542. The lowest BCUT2D eigenvalue weighted by Gasteiger charge is -2.34. The molecule has 2 aliphatic heterocycles. The average molecular weight is 411 g/mol. The van der Waals surface area contributed by atoms with E-state index in [0.29, 0.717) is 12.6 Å². The topological polar surface area (TPSA) is 62.0 Å². The Labute approximate surface area is 179 Å². The van der Waals surface area contributed by atoms with Crippen molar-refractivity contribution in [2.75, 3.05) is 39.4 Å². The number of furan rings is 1. The summed E-state index contributed by atoms with van der Waals surface area (Å²) in [6.07, 6.45) is 6.09. The van der Waals surface area contributed by atoms with Crippen LogP contribution in [0.1, 0.15) is 30.6 Å². The molecule has 0 aliphatic carbocycles. The van der Waals surface area contributed by atoms with Crippen molar-refractivity contribution in [2.24, 2.45) is 10.9 Å². The van der Waals surface area contributed by atoms with Crippen LogP contribution in [0.3, 0.4) is 0 Å². The average Bonchev–Trinajstić information content (AvgIpc) is 3.48. The van der Waals surface area contributed by atoms with Crippen molar-refractivity contribution < 1.29 is 9.15 Å². The first kappa shape index (κ1) is 20.9. The molecule has 6 heteroatoms. The van der Waals surface area contributed by atoms with Crippen molar-refractivity contribution in [3.05, 3.63) is 60.1 Å². The minimum absolute atomic E-state index is 0.465. The molecule has 162 valence electrons. The summed E-state index contributed by atoms with van der Waals surface area (Å²) >= 11 is 0. The molecule has 1 aromatic carbocycles. The van der Waals surface area contributed by atoms with E-state index in [2.05, 4.69) is 39.8 Å². The molecule has 30 heavy (non-hydrogen) atoms. The first-order valence-corrected chi connectivity index (χ1v) is 11.3. The third-order valence-corrected chi connectivity index (χ3v) is 5.98. The van der Waals surface area contributed by atoms with Gasteiger partial charge in [0, 0.05) is 45.2 Å². The van der Waals surface area contributed by atoms with E-state index in [1.807, 2.05) is 18.2 Å². The number of nitrogens with one attached hydrogen (secondary N) is 2. The smallest absolute Gasteiger partial charge is 0.191 e. The Hall–Kier alpha value is -2.31. The van der Waals surface area contributed by atoms with Gasteiger partial charge >= 0.3 is 0 Å². The highest BCUT2D eigenvalue weighted by Gasteiger charge is 2.24. The van der Waals surface area contributed by atoms with Gasteiger partial charge in [0.2, 0.25) is 0 Å². The highest BCUT2D eigenvalue weighted by Crippen LogP contribution is 2.17. The quantitative estimate of drug-likeness (QED) is 0.517. The Morgan fingerprint density at radius 2 is 1.93 bits per heavy atom. The van der Waals surface area contributed by atoms with E-state index in [4.69, 9.17) is 14.1 Å². The van der Waals surface area contributed by atoms with Gasteiger partial charge in [-0.2, -0.15) is 0 Å². The van der Waals surface area contributed by atoms with Crippen LogP contribution in [0, 0.1) is 5.92 Å². The predicted molar refractivity (Wildman–Crippen MR) is 120 cm³/mol. The second-order valence-electron chi connectivity index (χ2n) is 8.36. The number of likely N-dealkylation sites (tertiary alicyclic amines) is 1. The number of aliphatic imine (C=N–C) groups is 1. The Balaban J connectivity index is 1.27. The molecule has 3 heterocycles. The lowest BCUT2D eigenvalue weighted by molar-refractivity contribution is 0.150. The van der Waals surface area contributed by atoms with E-state index in [1.54, 1.807) is 6.26 Å². The van der Waals surface area contributed by atoms with Crippen LogP contribution >= 0.6 is 0 Å². The summed E-state index contributed by atoms with van der Waals surface area (Å²) in [6, 6.07) is 14.8. The molecule has 6 nitrogen and oxygen atoms in total. The molecule has 0 amide bonds. The third kappa shape index (κ3) is 6.61. The highest BCUT2D eigenvalue weighted by atomic mass is 16.5. The SMILES string of the molecule is c1ccc(CN=C(NCCc2ccco2)NC2CCN(CC3CCOC3)CC2)cc1. The van der Waals surface area contributed by atoms with Crippen molar-refractivity contribution in [1.82, 2.24) is 15.5 Å². The summed E-state index contributed by atoms with van der Waals surface area (Å²) in [7, 11) is 0. The normalized spacial score (nSPS) is 21.1. The zero-order valence-corrected chi connectivity index (χ0v) is 17.8. The van der Waals surface area contributed by atoms with Crippen molar-refractivity contribution >= 4 is 5.96 Å². The summed E-state index contributed by atoms with van der Waals surface area (Å²) in [5.74, 6) is 2.61. The van der Waals surface area contributed by atoms with Gasteiger partial charge in [-0.05, 0) is 42.9 Å². The van der Waals surface area contributed by atoms with E-state index >= 15 is 0 Å². The van der Waals surface area contributed by atoms with E-state index < -0.39 is 0 Å². The number of benzene rings is 1. The molecule has 0 saturated carbocycles. The van der Waals surface area contributed by atoms with Gasteiger partial charge < -0.3 is 24.7 Å². The third-order valence-electron chi connectivity index (χ3n) is 5.98. The Morgan fingerprint density at radius 1 is 1.07 bits per heavy atom. The van der Waals surface area contributed by atoms with Crippen LogP contribution in [-0.4, -0.2) is 56.3 Å². The van der Waals surface area contributed by atoms with Crippen LogP contribution in [0.15, 0.2) is 58.1 Å². The number of ether oxygens (including phenoxy) is 1. The van der Waals surface area contributed by atoms with Crippen LogP contribution in [0.5, 0.6) is 0 Å². The van der Waals surface area contributed by atoms with E-state index in [1.165, 1.54) is 18.5 Å². The predicted octanol–water partition coefficient (Wildman–Crippen LogP) is 3.06. The molecule has 2 N–H and O–H groups in total. The van der Waals surface area contributed by atoms with Crippen molar-refractivity contribution in [2.45, 2.75) is 38.3 Å². The summed E-state index contributed by atoms with van der Waals surface area (Å²) in [4.78, 5) is 7.44. The minimum atomic E-state index is 0.465. The molecule has 2 aliphatic rings. The molecule has 1 aromatic heterocycles. The molecule has 2 aromatic rings. The van der Waals surface area contributed by atoms with Crippen molar-refractivity contribution in [3.8, 4) is 0 Å². The van der Waals surface area contributed by atoms with Gasteiger partial charge in [0.1, 0.15) is 5.76 Å². The van der Waals surface area contributed by atoms with Gasteiger partial charge in [-0.15, -0.1) is 0 Å². The van der Waals surface area contributed by atoms with Crippen molar-refractivity contribution in [3.63, 3.8) is 0 Å². The van der Waals surface area contributed by atoms with Crippen LogP contribution in [-0.2, 0) is 17.7 Å². The number of hydrogen-bond donors (Lipinski definition) is 2. The molecule has 2 fully saturated rings. The number of piperidine rings is 1. The van der Waals surface area contributed by atoms with Gasteiger partial charge in [-0.1, -0.05) is 30.3 Å². The molecular weight excluding hydrogens is 376 g/mol. The van der Waals surface area contributed by atoms with Gasteiger partial charge in [0.05, 0.1) is 19.4 Å². The Bertz CT molecular complexity index is 749. The van der Waals surface area contributed by atoms with E-state index in [0.717, 1.165) is 69.7 Å². The molecule has 1 atom stereocenters. The lowest BCUT2D eigenvalue weighted by atomic mass is 10.0. The second kappa shape index (κ2) is 11.2. The monoisotopic (exact) mass is 410 g/mol. The largest absolute Gasteiger partial charge is 0.469 e. The molecule has 0 radical (unpaired) electrons. The fourth-order valence-electron chi connectivity index (χ4n) is 4.21. The summed E-state index contributed by atoms with van der Waals surface area (Å²) < 4.78 is 11.0. The van der Waals surface area contributed by atoms with Gasteiger partial charge in [0.25, 0.3) is 0 Å². The molecular formula is C24H34N4O2. The van der Waals surface area contributed by atoms with E-state index in [9.17, 15) is 0 Å². The number of nitrogens with zero attached hydrogens (tertiary/aromatic N) is 2. The molecule has 2 saturated heterocycles. The lowest BCUT2D eigenvalue weighted by Crippen LogP contribution is -2.49. The maximum atomic E-state index is 5.53. The molecule has 1 unspecified atom stereocenters. The first-order valence-electron chi connectivity index (χ1n) is 11.3. The zero-order chi connectivity index (χ0) is 20.4. The second-order valence-corrected chi connectivity index (χ2v) is 8.36. The summed E-state index contributed by atoms with van der Waals surface area (Å²) in [5, 5.41) is 7.17. The van der Waals surface area contributed by atoms with Gasteiger partial charge in [-0.25, -0.2) is 4.99 Å². The summed E-state index contributed by atoms with van der Waals surface area (Å²) in [5.41, 5.74) is 1.22. The van der Waals surface area contributed by atoms with Gasteiger partial charge in [-0.3, -0.25) is 0 Å². The first-order chi connectivity index (χ1) is 14.8. The van der Waals surface area contributed by atoms with Crippen LogP contribution in [0.2, 0.25) is 0 Å². The summed E-state index contributed by atoms with van der Waals surface area (Å²) in [6.45, 7) is 6.83. The van der Waals surface area contributed by atoms with E-state index in [-0.39, 0.29) is 0 Å². The van der Waals surface area contributed by atoms with Crippen LogP contribution in [0.4, 0.5) is 0 Å². The van der Waals surface area contributed by atoms with Crippen LogP contribution in [0.25, 0.3) is 0 Å². The number of hydrogen-bond acceptors (Lipinski definition) is 4. The maximum absolute atomic E-state index is 5.53. The minimum Gasteiger partial charge on any atom is -0.469 e. The Morgan fingerprint density at radius 3 is 2.67 bits per heavy atom. The fourth-order valence-corrected chi connectivity index (χ4v) is 4.21. The molecule has 0 spiro atoms. The standard InChI is InChI=1S/C24H34N4O2/c1-2-5-20(6-3-1)17-26-24(25-12-8-23-7-4-15-30-23)27-22-9-13-28(14-10-22)18-21-11-16-29-19-21/h1-7,15,21-22H,8-14,16-19H2,(H2,25,26,27). The van der Waals surface area contributed by atoms with Crippen molar-refractivity contribution in [1.29, 1.82) is 0 Å². The molecule has 0 bridgehead atoms.